The molecule has 0 atom stereocenters. The normalized spacial score (nSPS) is 13.8. The number of urea groups is 1. The molecule has 0 radical (unpaired) electrons. The molecule has 1 heterocycles. The molecule has 2 N–H and O–H groups in total. The molecular formula is C19H23N3O. The average molecular weight is 309 g/mol. The first-order valence-electron chi connectivity index (χ1n) is 8.21. The van der Waals surface area contributed by atoms with Crippen LogP contribution in [0.15, 0.2) is 54.6 Å². The van der Waals surface area contributed by atoms with E-state index in [0.29, 0.717) is 13.1 Å². The monoisotopic (exact) mass is 309 g/mol. The van der Waals surface area contributed by atoms with Crippen LogP contribution in [0.5, 0.6) is 0 Å². The lowest BCUT2D eigenvalue weighted by Crippen LogP contribution is -2.34. The third-order valence-electron chi connectivity index (χ3n) is 4.16. The molecule has 1 aliphatic rings. The maximum atomic E-state index is 11.8. The molecule has 0 saturated carbocycles. The maximum Gasteiger partial charge on any atom is 0.315 e. The maximum absolute atomic E-state index is 11.8. The minimum Gasteiger partial charge on any atom is -0.372 e. The van der Waals surface area contributed by atoms with Gasteiger partial charge in [0.2, 0.25) is 0 Å². The zero-order chi connectivity index (χ0) is 15.9. The number of benzene rings is 2. The summed E-state index contributed by atoms with van der Waals surface area (Å²) in [6.07, 6.45) is 2.57. The Kier molecular flexibility index (Phi) is 5.14. The topological polar surface area (TPSA) is 44.4 Å². The summed E-state index contributed by atoms with van der Waals surface area (Å²) >= 11 is 0. The van der Waals surface area contributed by atoms with Crippen LogP contribution in [0.3, 0.4) is 0 Å². The van der Waals surface area contributed by atoms with Gasteiger partial charge in [-0.3, -0.25) is 0 Å². The van der Waals surface area contributed by atoms with Crippen LogP contribution in [0.4, 0.5) is 10.5 Å². The first-order valence-corrected chi connectivity index (χ1v) is 8.21. The van der Waals surface area contributed by atoms with Crippen LogP contribution >= 0.6 is 0 Å². The molecule has 3 rings (SSSR count). The molecule has 2 aromatic carbocycles. The first kappa shape index (κ1) is 15.4. The summed E-state index contributed by atoms with van der Waals surface area (Å²) in [6.45, 7) is 3.39. The Bertz CT molecular complexity index is 619. The molecule has 2 amide bonds. The average Bonchev–Trinajstić information content (AvgIpc) is 3.14. The van der Waals surface area contributed by atoms with E-state index in [-0.39, 0.29) is 6.03 Å². The van der Waals surface area contributed by atoms with E-state index >= 15 is 0 Å². The predicted octanol–water partition coefficient (Wildman–Crippen LogP) is 3.29. The minimum atomic E-state index is -0.141. The van der Waals surface area contributed by atoms with Gasteiger partial charge in [0.25, 0.3) is 0 Å². The highest BCUT2D eigenvalue weighted by Gasteiger charge is 2.11. The molecule has 120 valence electrons. The minimum absolute atomic E-state index is 0.141. The standard InChI is InChI=1S/C19H23N3O/c23-19(20-14-16-6-2-1-3-7-16)21-15-17-8-10-18(11-9-17)22-12-4-5-13-22/h1-3,6-11H,4-5,12-15H2,(H2,20,21,23). The molecule has 0 bridgehead atoms. The summed E-state index contributed by atoms with van der Waals surface area (Å²) in [5.74, 6) is 0. The molecule has 0 unspecified atom stereocenters. The van der Waals surface area contributed by atoms with E-state index in [1.807, 2.05) is 30.3 Å². The summed E-state index contributed by atoms with van der Waals surface area (Å²) in [6, 6.07) is 18.2. The summed E-state index contributed by atoms with van der Waals surface area (Å²) < 4.78 is 0. The smallest absolute Gasteiger partial charge is 0.315 e. The van der Waals surface area contributed by atoms with Gasteiger partial charge in [-0.25, -0.2) is 4.79 Å². The highest BCUT2D eigenvalue weighted by molar-refractivity contribution is 5.73. The molecule has 0 aliphatic carbocycles. The molecule has 1 saturated heterocycles. The quantitative estimate of drug-likeness (QED) is 0.890. The highest BCUT2D eigenvalue weighted by Crippen LogP contribution is 2.20. The molecule has 1 fully saturated rings. The van der Waals surface area contributed by atoms with Crippen LogP contribution in [-0.4, -0.2) is 19.1 Å². The van der Waals surface area contributed by atoms with Crippen LogP contribution in [0.1, 0.15) is 24.0 Å². The fourth-order valence-corrected chi connectivity index (χ4v) is 2.82. The van der Waals surface area contributed by atoms with Gasteiger partial charge in [-0.05, 0) is 36.1 Å². The van der Waals surface area contributed by atoms with Gasteiger partial charge in [0.05, 0.1) is 0 Å². The van der Waals surface area contributed by atoms with Crippen molar-refractivity contribution in [3.05, 3.63) is 65.7 Å². The number of nitrogens with one attached hydrogen (secondary N) is 2. The fourth-order valence-electron chi connectivity index (χ4n) is 2.82. The number of carbonyl (C=O) groups excluding carboxylic acids is 1. The number of carbonyl (C=O) groups is 1. The van der Waals surface area contributed by atoms with Crippen molar-refractivity contribution in [2.24, 2.45) is 0 Å². The molecular weight excluding hydrogens is 286 g/mol. The van der Waals surface area contributed by atoms with Crippen molar-refractivity contribution < 1.29 is 4.79 Å². The Morgan fingerprint density at radius 2 is 1.39 bits per heavy atom. The van der Waals surface area contributed by atoms with E-state index in [0.717, 1.165) is 24.2 Å². The number of hydrogen-bond acceptors (Lipinski definition) is 2. The van der Waals surface area contributed by atoms with Crippen molar-refractivity contribution in [1.82, 2.24) is 10.6 Å². The Morgan fingerprint density at radius 1 is 0.826 bits per heavy atom. The fraction of sp³-hybridized carbons (Fsp3) is 0.316. The summed E-state index contributed by atoms with van der Waals surface area (Å²) in [4.78, 5) is 14.2. The predicted molar refractivity (Wildman–Crippen MR) is 93.4 cm³/mol. The molecule has 4 nitrogen and oxygen atoms in total. The zero-order valence-electron chi connectivity index (χ0n) is 13.3. The van der Waals surface area contributed by atoms with Crippen molar-refractivity contribution in [2.45, 2.75) is 25.9 Å². The molecule has 4 heteroatoms. The van der Waals surface area contributed by atoms with E-state index < -0.39 is 0 Å². The van der Waals surface area contributed by atoms with Gasteiger partial charge < -0.3 is 15.5 Å². The van der Waals surface area contributed by atoms with Gasteiger partial charge in [-0.1, -0.05) is 42.5 Å². The van der Waals surface area contributed by atoms with E-state index in [1.54, 1.807) is 0 Å². The second-order valence-electron chi connectivity index (χ2n) is 5.88. The van der Waals surface area contributed by atoms with Gasteiger partial charge >= 0.3 is 6.03 Å². The van der Waals surface area contributed by atoms with Gasteiger partial charge in [-0.15, -0.1) is 0 Å². The molecule has 23 heavy (non-hydrogen) atoms. The van der Waals surface area contributed by atoms with Crippen molar-refractivity contribution in [2.75, 3.05) is 18.0 Å². The molecule has 0 spiro atoms. The van der Waals surface area contributed by atoms with Crippen LogP contribution in [0.2, 0.25) is 0 Å². The van der Waals surface area contributed by atoms with Crippen molar-refractivity contribution in [1.29, 1.82) is 0 Å². The number of anilines is 1. The second-order valence-corrected chi connectivity index (χ2v) is 5.88. The molecule has 0 aromatic heterocycles. The van der Waals surface area contributed by atoms with E-state index in [9.17, 15) is 4.79 Å². The van der Waals surface area contributed by atoms with Crippen molar-refractivity contribution in [3.8, 4) is 0 Å². The van der Waals surface area contributed by atoms with Gasteiger partial charge in [0, 0.05) is 31.9 Å². The van der Waals surface area contributed by atoms with Gasteiger partial charge in [-0.2, -0.15) is 0 Å². The van der Waals surface area contributed by atoms with Gasteiger partial charge in [0.15, 0.2) is 0 Å². The van der Waals surface area contributed by atoms with Crippen LogP contribution < -0.4 is 15.5 Å². The molecule has 2 aromatic rings. The Hall–Kier alpha value is -2.49. The lowest BCUT2D eigenvalue weighted by Gasteiger charge is -2.17. The van der Waals surface area contributed by atoms with E-state index in [1.165, 1.54) is 18.5 Å². The van der Waals surface area contributed by atoms with E-state index in [2.05, 4.69) is 39.8 Å². The largest absolute Gasteiger partial charge is 0.372 e. The van der Waals surface area contributed by atoms with Crippen molar-refractivity contribution >= 4 is 11.7 Å². The third-order valence-corrected chi connectivity index (χ3v) is 4.16. The molecule has 1 aliphatic heterocycles. The lowest BCUT2D eigenvalue weighted by molar-refractivity contribution is 0.240. The van der Waals surface area contributed by atoms with E-state index in [4.69, 9.17) is 0 Å². The highest BCUT2D eigenvalue weighted by atomic mass is 16.2. The van der Waals surface area contributed by atoms with Crippen LogP contribution in [-0.2, 0) is 13.1 Å². The summed E-state index contributed by atoms with van der Waals surface area (Å²) in [5.41, 5.74) is 3.49. The lowest BCUT2D eigenvalue weighted by atomic mass is 10.2. The Morgan fingerprint density at radius 3 is 2.00 bits per heavy atom. The zero-order valence-corrected chi connectivity index (χ0v) is 13.3. The van der Waals surface area contributed by atoms with Crippen LogP contribution in [0, 0.1) is 0 Å². The summed E-state index contributed by atoms with van der Waals surface area (Å²) in [7, 11) is 0. The number of rotatable bonds is 5. The second kappa shape index (κ2) is 7.68. The number of hydrogen-bond donors (Lipinski definition) is 2. The number of nitrogens with zero attached hydrogens (tertiary/aromatic N) is 1. The Balaban J connectivity index is 1.43. The summed E-state index contributed by atoms with van der Waals surface area (Å²) in [5, 5.41) is 5.76. The van der Waals surface area contributed by atoms with Crippen LogP contribution in [0.25, 0.3) is 0 Å². The number of amides is 2. The first-order chi connectivity index (χ1) is 11.3. The van der Waals surface area contributed by atoms with Gasteiger partial charge in [0.1, 0.15) is 0 Å². The third kappa shape index (κ3) is 4.49. The van der Waals surface area contributed by atoms with Crippen molar-refractivity contribution in [3.63, 3.8) is 0 Å². The Labute approximate surface area is 137 Å². The SMILES string of the molecule is O=C(NCc1ccccc1)NCc1ccc(N2CCCC2)cc1.